The molecular weight excluding hydrogens is 494 g/mol. The van der Waals surface area contributed by atoms with Crippen LogP contribution in [0.5, 0.6) is 0 Å². The Labute approximate surface area is 206 Å². The maximum Gasteiger partial charge on any atom is 0.276 e. The average molecular weight is 514 g/mol. The normalized spacial score (nSPS) is 20.0. The van der Waals surface area contributed by atoms with E-state index in [1.54, 1.807) is 11.3 Å². The highest BCUT2D eigenvalue weighted by Crippen LogP contribution is 2.40. The van der Waals surface area contributed by atoms with Crippen LogP contribution in [0.25, 0.3) is 10.2 Å². The number of amides is 2. The highest BCUT2D eigenvalue weighted by atomic mass is 32.2. The number of nitrogen functional groups attached to an aromatic ring is 1. The predicted octanol–water partition coefficient (Wildman–Crippen LogP) is -1.05. The monoisotopic (exact) mass is 513 g/mol. The van der Waals surface area contributed by atoms with Crippen molar-refractivity contribution < 1.29 is 28.9 Å². The molecule has 2 aliphatic rings. The molecule has 2 atom stereocenters. The van der Waals surface area contributed by atoms with Gasteiger partial charge in [0.25, 0.3) is 16.6 Å². The van der Waals surface area contributed by atoms with Gasteiger partial charge in [0.2, 0.25) is 0 Å². The van der Waals surface area contributed by atoms with Gasteiger partial charge in [-0.05, 0) is 17.5 Å². The number of nitrogens with two attached hydrogens (primary N) is 1. The van der Waals surface area contributed by atoms with Crippen molar-refractivity contribution >= 4 is 62.6 Å². The van der Waals surface area contributed by atoms with Gasteiger partial charge in [0.05, 0.1) is 22.7 Å². The Hall–Kier alpha value is -3.91. The van der Waals surface area contributed by atoms with E-state index in [0.29, 0.717) is 17.9 Å². The van der Waals surface area contributed by atoms with Gasteiger partial charge in [-0.25, -0.2) is 0 Å². The van der Waals surface area contributed by atoms with Crippen LogP contribution in [0.4, 0.5) is 5.82 Å². The van der Waals surface area contributed by atoms with Gasteiger partial charge < -0.3 is 25.8 Å². The molecular formula is C21H19N7O5S2. The number of thiophene rings is 1. The Morgan fingerprint density at radius 3 is 3.00 bits per heavy atom. The van der Waals surface area contributed by atoms with Crippen LogP contribution < -0.4 is 20.7 Å². The fourth-order valence-corrected chi connectivity index (χ4v) is 6.30. The van der Waals surface area contributed by atoms with E-state index in [4.69, 9.17) is 10.6 Å². The summed E-state index contributed by atoms with van der Waals surface area (Å²) in [6, 6.07) is 6.31. The van der Waals surface area contributed by atoms with Crippen LogP contribution in [-0.4, -0.2) is 62.9 Å². The molecule has 0 spiro atoms. The number of oxime groups is 1. The number of carbonyl (C=O) groups excluding carboxylic acids is 3. The second kappa shape index (κ2) is 9.03. The molecule has 1 unspecified atom stereocenters. The maximum atomic E-state index is 13.0. The Morgan fingerprint density at radius 1 is 1.46 bits per heavy atom. The van der Waals surface area contributed by atoms with E-state index in [-0.39, 0.29) is 22.9 Å². The van der Waals surface area contributed by atoms with Gasteiger partial charge in [0.15, 0.2) is 18.5 Å². The van der Waals surface area contributed by atoms with Gasteiger partial charge in [-0.15, -0.1) is 11.8 Å². The molecule has 5 rings (SSSR count). The summed E-state index contributed by atoms with van der Waals surface area (Å²) in [5.41, 5.74) is 6.06. The van der Waals surface area contributed by atoms with Crippen LogP contribution >= 0.6 is 23.1 Å². The number of β-lactam (4-membered cyclic amide) rings is 1. The molecule has 0 aliphatic carbocycles. The van der Waals surface area contributed by atoms with E-state index in [0.717, 1.165) is 10.2 Å². The standard InChI is InChI=1S/C21H19N7O5S2/c1-33-26-14(12-7-13(22)25-24-12)17(29)23-15-18(30)28-16(21(31)32)11(9-35-20(15)28)8-27-5-2-3-10-4-6-34-19(10)27/h2-7,15,20H,8-9H2,1H3,(H4-,22,23,24,25,26,29,31,32)/t15?,20-/m1/s1. The summed E-state index contributed by atoms with van der Waals surface area (Å²) in [6.45, 7) is 0.299. The molecule has 1 fully saturated rings. The third kappa shape index (κ3) is 4.00. The smallest absolute Gasteiger partial charge is 0.276 e. The van der Waals surface area contributed by atoms with E-state index >= 15 is 0 Å². The fraction of sp³-hybridized carbons (Fsp3) is 0.238. The van der Waals surface area contributed by atoms with Gasteiger partial charge in [-0.2, -0.15) is 9.67 Å². The van der Waals surface area contributed by atoms with Crippen molar-refractivity contribution in [3.63, 3.8) is 0 Å². The first-order valence-electron chi connectivity index (χ1n) is 10.4. The molecule has 3 aromatic heterocycles. The van der Waals surface area contributed by atoms with E-state index in [1.165, 1.54) is 29.8 Å². The third-order valence-corrected chi connectivity index (χ3v) is 7.92. The minimum atomic E-state index is -1.43. The van der Waals surface area contributed by atoms with Crippen molar-refractivity contribution in [2.24, 2.45) is 5.16 Å². The molecule has 1 saturated heterocycles. The van der Waals surface area contributed by atoms with E-state index in [1.807, 2.05) is 34.3 Å². The first-order valence-corrected chi connectivity index (χ1v) is 12.3. The van der Waals surface area contributed by atoms with Gasteiger partial charge in [-0.3, -0.25) is 19.6 Å². The van der Waals surface area contributed by atoms with Crippen LogP contribution in [0, 0.1) is 0 Å². The van der Waals surface area contributed by atoms with Crippen molar-refractivity contribution in [2.75, 3.05) is 18.6 Å². The van der Waals surface area contributed by atoms with Crippen molar-refractivity contribution in [3.05, 3.63) is 52.8 Å². The number of hydrogen-bond donors (Lipinski definition) is 3. The maximum absolute atomic E-state index is 13.0. The topological polar surface area (TPSA) is 170 Å². The number of rotatable bonds is 7. The Kier molecular flexibility index (Phi) is 5.90. The zero-order valence-electron chi connectivity index (χ0n) is 18.3. The summed E-state index contributed by atoms with van der Waals surface area (Å²) in [4.78, 5) is 44.9. The summed E-state index contributed by atoms with van der Waals surface area (Å²) in [7, 11) is 1.27. The number of nitrogens with one attached hydrogen (secondary N) is 2. The lowest BCUT2D eigenvalue weighted by Crippen LogP contribution is -2.71. The highest BCUT2D eigenvalue weighted by Gasteiger charge is 2.53. The molecule has 12 nitrogen and oxygen atoms in total. The number of carbonyl (C=O) groups is 3. The SMILES string of the molecule is CO/N=C(\C(=O)NC1C(=O)N2C(C(=O)[O-])=C(C[n+]3cccc4ccsc43)CS[C@H]12)c1cc(N)n[nH]1. The van der Waals surface area contributed by atoms with Crippen LogP contribution in [0.1, 0.15) is 5.69 Å². The lowest BCUT2D eigenvalue weighted by Gasteiger charge is -2.50. The number of H-pyrrole nitrogens is 1. The van der Waals surface area contributed by atoms with Crippen LogP contribution in [0.15, 0.2) is 52.3 Å². The Balaban J connectivity index is 1.38. The molecule has 180 valence electrons. The number of aliphatic carboxylic acids is 1. The molecule has 5 heterocycles. The first kappa shape index (κ1) is 22.9. The van der Waals surface area contributed by atoms with Gasteiger partial charge in [0.1, 0.15) is 24.3 Å². The van der Waals surface area contributed by atoms with Crippen LogP contribution in [0.2, 0.25) is 0 Å². The lowest BCUT2D eigenvalue weighted by molar-refractivity contribution is -0.661. The molecule has 2 aliphatic heterocycles. The van der Waals surface area contributed by atoms with Crippen molar-refractivity contribution in [2.45, 2.75) is 18.0 Å². The molecule has 0 bridgehead atoms. The molecule has 35 heavy (non-hydrogen) atoms. The van der Waals surface area contributed by atoms with Gasteiger partial charge in [-0.1, -0.05) is 16.5 Å². The summed E-state index contributed by atoms with van der Waals surface area (Å²) in [5.74, 6) is -2.17. The molecule has 14 heteroatoms. The first-order chi connectivity index (χ1) is 16.9. The third-order valence-electron chi connectivity index (χ3n) is 5.62. The quantitative estimate of drug-likeness (QED) is 0.156. The largest absolute Gasteiger partial charge is 0.543 e. The number of carboxylic acid groups (broad SMARTS) is 1. The van der Waals surface area contributed by atoms with Crippen molar-refractivity contribution in [3.8, 4) is 0 Å². The molecule has 0 aromatic carbocycles. The molecule has 4 N–H and O–H groups in total. The number of hydrogen-bond acceptors (Lipinski definition) is 10. The van der Waals surface area contributed by atoms with Gasteiger partial charge >= 0.3 is 0 Å². The zero-order valence-corrected chi connectivity index (χ0v) is 19.9. The Bertz CT molecular complexity index is 1410. The van der Waals surface area contributed by atoms with Crippen LogP contribution in [0.3, 0.4) is 0 Å². The van der Waals surface area contributed by atoms with Gasteiger partial charge in [0, 0.05) is 23.5 Å². The summed E-state index contributed by atoms with van der Waals surface area (Å²) in [6.07, 6.45) is 1.87. The molecule has 2 amide bonds. The zero-order chi connectivity index (χ0) is 24.7. The van der Waals surface area contributed by atoms with E-state index in [9.17, 15) is 19.5 Å². The average Bonchev–Trinajstić information content (AvgIpc) is 3.49. The number of thioether (sulfide) groups is 1. The second-order valence-corrected chi connectivity index (χ2v) is 9.75. The number of pyridine rings is 1. The summed E-state index contributed by atoms with van der Waals surface area (Å²) < 4.78 is 1.95. The number of nitrogens with zero attached hydrogens (tertiary/aromatic N) is 4. The fourth-order valence-electron chi connectivity index (χ4n) is 4.09. The minimum Gasteiger partial charge on any atom is -0.543 e. The number of aromatic amines is 1. The Morgan fingerprint density at radius 2 is 2.29 bits per heavy atom. The molecule has 3 aromatic rings. The van der Waals surface area contributed by atoms with E-state index in [2.05, 4.69) is 20.7 Å². The van der Waals surface area contributed by atoms with E-state index < -0.39 is 29.2 Å². The summed E-state index contributed by atoms with van der Waals surface area (Å²) in [5, 5.41) is 27.1. The number of fused-ring (bicyclic) bond motifs is 2. The molecule has 0 radical (unpaired) electrons. The van der Waals surface area contributed by atoms with Crippen LogP contribution in [-0.2, 0) is 25.8 Å². The minimum absolute atomic E-state index is 0.151. The number of anilines is 1. The second-order valence-electron chi connectivity index (χ2n) is 7.75. The lowest BCUT2D eigenvalue weighted by atomic mass is 10.0. The predicted molar refractivity (Wildman–Crippen MR) is 126 cm³/mol. The van der Waals surface area contributed by atoms with Crippen molar-refractivity contribution in [1.29, 1.82) is 0 Å². The summed E-state index contributed by atoms with van der Waals surface area (Å²) >= 11 is 2.92. The highest BCUT2D eigenvalue weighted by molar-refractivity contribution is 8.00. The number of aromatic nitrogens is 3. The van der Waals surface area contributed by atoms with Crippen molar-refractivity contribution in [1.82, 2.24) is 20.4 Å². The molecule has 0 saturated carbocycles. The number of carboxylic acids is 1.